The van der Waals surface area contributed by atoms with Crippen LogP contribution in [0.2, 0.25) is 0 Å². The van der Waals surface area contributed by atoms with E-state index in [2.05, 4.69) is 0 Å². The Hall–Kier alpha value is -0.630. The van der Waals surface area contributed by atoms with Crippen molar-refractivity contribution in [3.63, 3.8) is 0 Å². The van der Waals surface area contributed by atoms with Crippen molar-refractivity contribution in [1.29, 1.82) is 0 Å². The first-order chi connectivity index (χ1) is 5.65. The summed E-state index contributed by atoms with van der Waals surface area (Å²) in [5, 5.41) is 0. The van der Waals surface area contributed by atoms with E-state index in [1.54, 1.807) is 6.07 Å². The van der Waals surface area contributed by atoms with Gasteiger partial charge in [0.2, 0.25) is 0 Å². The zero-order valence-corrected chi connectivity index (χ0v) is 7.41. The molecule has 1 unspecified atom stereocenters. The summed E-state index contributed by atoms with van der Waals surface area (Å²) >= 11 is 5.56. The molecule has 0 saturated heterocycles. The minimum atomic E-state index is -0.819. The summed E-state index contributed by atoms with van der Waals surface area (Å²) in [6.45, 7) is 1.86. The molecule has 0 amide bonds. The fourth-order valence-corrected chi connectivity index (χ4v) is 1.09. The van der Waals surface area contributed by atoms with Crippen LogP contribution in [0.15, 0.2) is 18.2 Å². The number of halogens is 3. The molecule has 0 heterocycles. The molecule has 0 aliphatic heterocycles. The molecule has 0 aromatic heterocycles. The Bertz CT molecular complexity index is 273. The van der Waals surface area contributed by atoms with E-state index in [0.29, 0.717) is 5.88 Å². The third-order valence-corrected chi connectivity index (χ3v) is 2.21. The molecule has 1 atom stereocenters. The molecule has 1 aromatic rings. The van der Waals surface area contributed by atoms with Gasteiger partial charge in [-0.05, 0) is 23.6 Å². The van der Waals surface area contributed by atoms with Gasteiger partial charge in [0.25, 0.3) is 0 Å². The smallest absolute Gasteiger partial charge is 0.159 e. The summed E-state index contributed by atoms with van der Waals surface area (Å²) in [6, 6.07) is 3.85. The average Bonchev–Trinajstić information content (AvgIpc) is 2.08. The molecule has 66 valence electrons. The van der Waals surface area contributed by atoms with Crippen LogP contribution in [-0.4, -0.2) is 5.88 Å². The summed E-state index contributed by atoms with van der Waals surface area (Å²) in [4.78, 5) is 0. The maximum atomic E-state index is 12.7. The molecule has 0 N–H and O–H groups in total. The van der Waals surface area contributed by atoms with Crippen LogP contribution < -0.4 is 0 Å². The third kappa shape index (κ3) is 1.95. The van der Waals surface area contributed by atoms with Crippen molar-refractivity contribution in [2.24, 2.45) is 0 Å². The van der Waals surface area contributed by atoms with E-state index in [1.807, 2.05) is 6.92 Å². The summed E-state index contributed by atoms with van der Waals surface area (Å²) in [7, 11) is 0. The van der Waals surface area contributed by atoms with E-state index < -0.39 is 11.6 Å². The van der Waals surface area contributed by atoms with Crippen LogP contribution in [0.4, 0.5) is 8.78 Å². The second kappa shape index (κ2) is 3.85. The van der Waals surface area contributed by atoms with Crippen LogP contribution in [0.3, 0.4) is 0 Å². The van der Waals surface area contributed by atoms with Crippen LogP contribution in [0.1, 0.15) is 18.4 Å². The Balaban J connectivity index is 2.96. The quantitative estimate of drug-likeness (QED) is 0.628. The minimum absolute atomic E-state index is 0.0572. The Labute approximate surface area is 75.2 Å². The van der Waals surface area contributed by atoms with Crippen LogP contribution in [0, 0.1) is 11.6 Å². The molecular formula is C9H9ClF2. The van der Waals surface area contributed by atoms with Crippen molar-refractivity contribution in [3.8, 4) is 0 Å². The summed E-state index contributed by atoms with van der Waals surface area (Å²) < 4.78 is 25.1. The highest BCUT2D eigenvalue weighted by atomic mass is 35.5. The molecule has 0 spiro atoms. The van der Waals surface area contributed by atoms with Gasteiger partial charge in [-0.1, -0.05) is 13.0 Å². The SMILES string of the molecule is CC(CCl)c1ccc(F)c(F)c1. The standard InChI is InChI=1S/C9H9ClF2/c1-6(5-10)7-2-3-8(11)9(12)4-7/h2-4,6H,5H2,1H3. The second-order valence-electron chi connectivity index (χ2n) is 2.73. The Morgan fingerprint density at radius 1 is 1.33 bits per heavy atom. The van der Waals surface area contributed by atoms with Crippen molar-refractivity contribution < 1.29 is 8.78 Å². The highest BCUT2D eigenvalue weighted by Gasteiger charge is 2.07. The zero-order chi connectivity index (χ0) is 9.14. The first-order valence-electron chi connectivity index (χ1n) is 3.66. The normalized spacial score (nSPS) is 13.0. The molecule has 3 heteroatoms. The predicted octanol–water partition coefficient (Wildman–Crippen LogP) is 3.31. The van der Waals surface area contributed by atoms with Crippen LogP contribution in [0.5, 0.6) is 0 Å². The first kappa shape index (κ1) is 9.46. The van der Waals surface area contributed by atoms with Crippen molar-refractivity contribution in [2.75, 3.05) is 5.88 Å². The van der Waals surface area contributed by atoms with E-state index in [0.717, 1.165) is 11.6 Å². The molecule has 0 aliphatic rings. The molecule has 0 fully saturated rings. The highest BCUT2D eigenvalue weighted by molar-refractivity contribution is 6.18. The molecule has 0 bridgehead atoms. The van der Waals surface area contributed by atoms with E-state index in [-0.39, 0.29) is 5.92 Å². The molecule has 0 nitrogen and oxygen atoms in total. The van der Waals surface area contributed by atoms with Gasteiger partial charge in [-0.2, -0.15) is 0 Å². The number of benzene rings is 1. The fourth-order valence-electron chi connectivity index (χ4n) is 0.908. The fraction of sp³-hybridized carbons (Fsp3) is 0.333. The number of hydrogen-bond donors (Lipinski definition) is 0. The Kier molecular flexibility index (Phi) is 3.04. The lowest BCUT2D eigenvalue weighted by Gasteiger charge is -2.07. The van der Waals surface area contributed by atoms with Crippen molar-refractivity contribution in [3.05, 3.63) is 35.4 Å². The summed E-state index contributed by atoms with van der Waals surface area (Å²) in [5.41, 5.74) is 0.726. The van der Waals surface area contributed by atoms with Crippen LogP contribution in [-0.2, 0) is 0 Å². The first-order valence-corrected chi connectivity index (χ1v) is 4.19. The van der Waals surface area contributed by atoms with Crippen molar-refractivity contribution in [1.82, 2.24) is 0 Å². The molecule has 1 aromatic carbocycles. The summed E-state index contributed by atoms with van der Waals surface area (Å²) in [6.07, 6.45) is 0. The number of alkyl halides is 1. The van der Waals surface area contributed by atoms with Gasteiger partial charge in [-0.15, -0.1) is 11.6 Å². The molecule has 1 rings (SSSR count). The molecule has 0 saturated carbocycles. The van der Waals surface area contributed by atoms with Gasteiger partial charge in [0.1, 0.15) is 0 Å². The molecular weight excluding hydrogens is 182 g/mol. The maximum absolute atomic E-state index is 12.7. The van der Waals surface area contributed by atoms with Gasteiger partial charge >= 0.3 is 0 Å². The summed E-state index contributed by atoms with van der Waals surface area (Å²) in [5.74, 6) is -1.17. The lowest BCUT2D eigenvalue weighted by molar-refractivity contribution is 0.506. The number of hydrogen-bond acceptors (Lipinski definition) is 0. The monoisotopic (exact) mass is 190 g/mol. The third-order valence-electron chi connectivity index (χ3n) is 1.74. The van der Waals surface area contributed by atoms with E-state index in [9.17, 15) is 8.78 Å². The van der Waals surface area contributed by atoms with Crippen molar-refractivity contribution >= 4 is 11.6 Å². The Morgan fingerprint density at radius 2 is 2.00 bits per heavy atom. The number of rotatable bonds is 2. The van der Waals surface area contributed by atoms with Gasteiger partial charge in [0.05, 0.1) is 0 Å². The van der Waals surface area contributed by atoms with Crippen molar-refractivity contribution in [2.45, 2.75) is 12.8 Å². The zero-order valence-electron chi connectivity index (χ0n) is 6.65. The van der Waals surface area contributed by atoms with Gasteiger partial charge in [0, 0.05) is 5.88 Å². The molecule has 0 radical (unpaired) electrons. The largest absolute Gasteiger partial charge is 0.204 e. The second-order valence-corrected chi connectivity index (χ2v) is 3.04. The van der Waals surface area contributed by atoms with E-state index in [4.69, 9.17) is 11.6 Å². The van der Waals surface area contributed by atoms with Crippen LogP contribution >= 0.6 is 11.6 Å². The lowest BCUT2D eigenvalue weighted by Crippen LogP contribution is -1.96. The van der Waals surface area contributed by atoms with Gasteiger partial charge in [-0.3, -0.25) is 0 Å². The molecule has 0 aliphatic carbocycles. The topological polar surface area (TPSA) is 0 Å². The van der Waals surface area contributed by atoms with E-state index >= 15 is 0 Å². The highest BCUT2D eigenvalue weighted by Crippen LogP contribution is 2.18. The lowest BCUT2D eigenvalue weighted by atomic mass is 10.0. The maximum Gasteiger partial charge on any atom is 0.159 e. The van der Waals surface area contributed by atoms with Crippen LogP contribution in [0.25, 0.3) is 0 Å². The molecule has 12 heavy (non-hydrogen) atoms. The Morgan fingerprint density at radius 3 is 2.50 bits per heavy atom. The predicted molar refractivity (Wildman–Crippen MR) is 45.5 cm³/mol. The average molecular weight is 191 g/mol. The minimum Gasteiger partial charge on any atom is -0.204 e. The van der Waals surface area contributed by atoms with Gasteiger partial charge in [0.15, 0.2) is 11.6 Å². The van der Waals surface area contributed by atoms with E-state index in [1.165, 1.54) is 6.07 Å². The van der Waals surface area contributed by atoms with Gasteiger partial charge in [-0.25, -0.2) is 8.78 Å². The van der Waals surface area contributed by atoms with Gasteiger partial charge < -0.3 is 0 Å².